The minimum Gasteiger partial charge on any atom is -0.378 e. The normalized spacial score (nSPS) is 20.5. The summed E-state index contributed by atoms with van der Waals surface area (Å²) >= 11 is 12.7. The molecule has 1 amide bonds. The van der Waals surface area contributed by atoms with Gasteiger partial charge in [0, 0.05) is 34.4 Å². The molecule has 3 N–H and O–H groups in total. The fourth-order valence-electron chi connectivity index (χ4n) is 6.14. The Morgan fingerprint density at radius 2 is 1.73 bits per heavy atom. The lowest BCUT2D eigenvalue weighted by atomic mass is 9.77. The van der Waals surface area contributed by atoms with Gasteiger partial charge in [0.15, 0.2) is 0 Å². The molecule has 0 spiro atoms. The number of nitrogens with zero attached hydrogens (tertiary/aromatic N) is 1. The molecule has 44 heavy (non-hydrogen) atoms. The fraction of sp³-hybridized carbons (Fsp3) is 0.162. The highest BCUT2D eigenvalue weighted by Gasteiger charge is 2.44. The van der Waals surface area contributed by atoms with Crippen LogP contribution in [0.15, 0.2) is 121 Å². The number of nitrogens with one attached hydrogen (secondary N) is 2. The molecule has 2 aliphatic heterocycles. The van der Waals surface area contributed by atoms with E-state index in [2.05, 4.69) is 21.6 Å². The van der Waals surface area contributed by atoms with Crippen molar-refractivity contribution in [2.24, 2.45) is 0 Å². The van der Waals surface area contributed by atoms with Gasteiger partial charge in [-0.2, -0.15) is 0 Å². The number of anilines is 1. The number of fused-ring (bicyclic) bond motifs is 1. The highest BCUT2D eigenvalue weighted by Crippen LogP contribution is 2.44. The second-order valence-corrected chi connectivity index (χ2v) is 12.3. The molecule has 6 rings (SSSR count). The first-order valence-electron chi connectivity index (χ1n) is 14.5. The molecular weight excluding hydrogens is 589 g/mol. The molecule has 4 aromatic carbocycles. The Morgan fingerprint density at radius 3 is 2.43 bits per heavy atom. The number of rotatable bonds is 7. The van der Waals surface area contributed by atoms with Gasteiger partial charge < -0.3 is 20.6 Å². The van der Waals surface area contributed by atoms with Crippen molar-refractivity contribution >= 4 is 46.4 Å². The number of likely N-dealkylation sites (N-methyl/N-ethyl adjacent to an activating group) is 1. The van der Waals surface area contributed by atoms with Crippen LogP contribution in [-0.2, 0) is 10.4 Å². The van der Waals surface area contributed by atoms with Crippen LogP contribution in [0.2, 0.25) is 10.0 Å². The van der Waals surface area contributed by atoms with Crippen molar-refractivity contribution in [1.82, 2.24) is 10.2 Å². The van der Waals surface area contributed by atoms with E-state index >= 15 is 0 Å². The van der Waals surface area contributed by atoms with E-state index in [-0.39, 0.29) is 11.9 Å². The quantitative estimate of drug-likeness (QED) is 0.184. The predicted molar refractivity (Wildman–Crippen MR) is 180 cm³/mol. The summed E-state index contributed by atoms with van der Waals surface area (Å²) in [5.41, 5.74) is 3.67. The molecule has 4 aromatic rings. The zero-order chi connectivity index (χ0) is 30.9. The van der Waals surface area contributed by atoms with Crippen molar-refractivity contribution in [3.8, 4) is 0 Å². The zero-order valence-corrected chi connectivity index (χ0v) is 26.0. The van der Waals surface area contributed by atoms with E-state index in [9.17, 15) is 9.90 Å². The first-order valence-corrected chi connectivity index (χ1v) is 15.2. The van der Waals surface area contributed by atoms with Crippen molar-refractivity contribution < 1.29 is 9.90 Å². The molecular formula is C37H33Cl2N3O2. The van der Waals surface area contributed by atoms with Crippen LogP contribution in [0, 0.1) is 0 Å². The van der Waals surface area contributed by atoms with Crippen LogP contribution >= 0.6 is 23.2 Å². The molecule has 7 heteroatoms. The predicted octanol–water partition coefficient (Wildman–Crippen LogP) is 7.85. The summed E-state index contributed by atoms with van der Waals surface area (Å²) in [5, 5.41) is 20.5. The van der Waals surface area contributed by atoms with Crippen molar-refractivity contribution in [1.29, 1.82) is 0 Å². The highest BCUT2D eigenvalue weighted by atomic mass is 35.5. The number of hydrogen-bond acceptors (Lipinski definition) is 4. The second-order valence-electron chi connectivity index (χ2n) is 11.5. The van der Waals surface area contributed by atoms with Gasteiger partial charge in [-0.05, 0) is 95.9 Å². The maximum absolute atomic E-state index is 13.1. The third-order valence-corrected chi connectivity index (χ3v) is 8.77. The van der Waals surface area contributed by atoms with E-state index in [1.807, 2.05) is 123 Å². The lowest BCUT2D eigenvalue weighted by Gasteiger charge is -2.41. The van der Waals surface area contributed by atoms with Gasteiger partial charge in [-0.15, -0.1) is 0 Å². The number of hydrogen-bond donors (Lipinski definition) is 3. The van der Waals surface area contributed by atoms with Crippen LogP contribution < -0.4 is 10.6 Å². The summed E-state index contributed by atoms with van der Waals surface area (Å²) in [5.74, 6) is -0.237. The zero-order valence-electron chi connectivity index (χ0n) is 24.5. The Morgan fingerprint density at radius 1 is 0.977 bits per heavy atom. The van der Waals surface area contributed by atoms with E-state index in [1.165, 1.54) is 6.08 Å². The van der Waals surface area contributed by atoms with Crippen molar-refractivity contribution in [3.05, 3.63) is 159 Å². The monoisotopic (exact) mass is 621 g/mol. The van der Waals surface area contributed by atoms with Crippen molar-refractivity contribution in [2.75, 3.05) is 12.4 Å². The summed E-state index contributed by atoms with van der Waals surface area (Å²) in [6.45, 7) is 1.92. The SMILES string of the molecule is CN1C=CCC1C(O)(c1ccc(Cl)cc1)c1ccc2c(c1)C(c1cccc(Cl)c1)=CC(C)(NC(=O)/C=C/c1ccccc1)N2. The summed E-state index contributed by atoms with van der Waals surface area (Å²) in [6.07, 6.45) is 10.1. The molecule has 0 aliphatic carbocycles. The lowest BCUT2D eigenvalue weighted by molar-refractivity contribution is -0.117. The Labute approximate surface area is 268 Å². The van der Waals surface area contributed by atoms with E-state index < -0.39 is 11.3 Å². The second kappa shape index (κ2) is 12.0. The van der Waals surface area contributed by atoms with Gasteiger partial charge >= 0.3 is 0 Å². The van der Waals surface area contributed by atoms with Crippen LogP contribution in [0.25, 0.3) is 11.6 Å². The van der Waals surface area contributed by atoms with Gasteiger partial charge in [-0.1, -0.05) is 89.9 Å². The average Bonchev–Trinajstić information content (AvgIpc) is 3.46. The molecule has 0 saturated carbocycles. The molecule has 0 radical (unpaired) electrons. The summed E-state index contributed by atoms with van der Waals surface area (Å²) in [6, 6.07) is 30.5. The molecule has 0 aromatic heterocycles. The number of amides is 1. The molecule has 2 aliphatic rings. The summed E-state index contributed by atoms with van der Waals surface area (Å²) < 4.78 is 0. The van der Waals surface area contributed by atoms with Crippen LogP contribution in [0.1, 0.15) is 41.2 Å². The van der Waals surface area contributed by atoms with Gasteiger partial charge in [-0.25, -0.2) is 0 Å². The van der Waals surface area contributed by atoms with Crippen LogP contribution in [0.5, 0.6) is 0 Å². The maximum atomic E-state index is 13.1. The van der Waals surface area contributed by atoms with E-state index in [1.54, 1.807) is 6.08 Å². The Balaban J connectivity index is 1.43. The van der Waals surface area contributed by atoms with Gasteiger partial charge in [0.2, 0.25) is 5.91 Å². The topological polar surface area (TPSA) is 64.6 Å². The third kappa shape index (κ3) is 5.91. The highest BCUT2D eigenvalue weighted by molar-refractivity contribution is 6.31. The third-order valence-electron chi connectivity index (χ3n) is 8.28. The van der Waals surface area contributed by atoms with Gasteiger partial charge in [0.05, 0.1) is 6.04 Å². The summed E-state index contributed by atoms with van der Waals surface area (Å²) in [7, 11) is 1.98. The van der Waals surface area contributed by atoms with Crippen LogP contribution in [0.4, 0.5) is 5.69 Å². The Hall–Kier alpha value is -4.29. The minimum atomic E-state index is -1.34. The van der Waals surface area contributed by atoms with E-state index in [0.717, 1.165) is 39.1 Å². The Kier molecular flexibility index (Phi) is 8.12. The first kappa shape index (κ1) is 29.8. The lowest BCUT2D eigenvalue weighted by Crippen LogP contribution is -2.51. The smallest absolute Gasteiger partial charge is 0.246 e. The molecule has 222 valence electrons. The van der Waals surface area contributed by atoms with Crippen LogP contribution in [0.3, 0.4) is 0 Å². The van der Waals surface area contributed by atoms with Gasteiger partial charge in [-0.3, -0.25) is 4.79 Å². The molecule has 2 heterocycles. The molecule has 0 saturated heterocycles. The average molecular weight is 623 g/mol. The standard InChI is InChI=1S/C37H33Cl2N3O2/c1-36(41-35(43)20-13-25-8-4-3-5-9-25)24-32(26-10-6-11-30(39)22-26)31-23-28(16-19-33(31)40-36)37(44,34-12-7-21-42(34)2)27-14-17-29(38)18-15-27/h3-11,13-24,34,40,44H,12H2,1-2H3,(H,41,43)/b20-13+. The number of halogens is 2. The molecule has 3 unspecified atom stereocenters. The van der Waals surface area contributed by atoms with Gasteiger partial charge in [0.1, 0.15) is 11.3 Å². The number of carbonyl (C=O) groups is 1. The minimum absolute atomic E-state index is 0.224. The van der Waals surface area contributed by atoms with E-state index in [4.69, 9.17) is 23.2 Å². The largest absolute Gasteiger partial charge is 0.378 e. The van der Waals surface area contributed by atoms with Crippen molar-refractivity contribution in [2.45, 2.75) is 30.7 Å². The molecule has 0 bridgehead atoms. The van der Waals surface area contributed by atoms with Gasteiger partial charge in [0.25, 0.3) is 0 Å². The van der Waals surface area contributed by atoms with Crippen molar-refractivity contribution in [3.63, 3.8) is 0 Å². The van der Waals surface area contributed by atoms with Crippen LogP contribution in [-0.4, -0.2) is 34.7 Å². The number of carbonyl (C=O) groups excluding carboxylic acids is 1. The van der Waals surface area contributed by atoms with E-state index in [0.29, 0.717) is 16.5 Å². The summed E-state index contributed by atoms with van der Waals surface area (Å²) in [4.78, 5) is 15.2. The molecule has 5 nitrogen and oxygen atoms in total. The molecule has 3 atom stereocenters. The molecule has 0 fully saturated rings. The maximum Gasteiger partial charge on any atom is 0.246 e. The first-order chi connectivity index (χ1) is 21.1. The number of benzene rings is 4. The Bertz CT molecular complexity index is 1780. The number of aliphatic hydroxyl groups is 1. The fourth-order valence-corrected chi connectivity index (χ4v) is 6.45.